The van der Waals surface area contributed by atoms with Crippen molar-refractivity contribution in [3.05, 3.63) is 12.4 Å². The minimum atomic E-state index is 0.0900. The highest BCUT2D eigenvalue weighted by molar-refractivity contribution is 5.82. The van der Waals surface area contributed by atoms with E-state index in [-0.39, 0.29) is 17.7 Å². The van der Waals surface area contributed by atoms with Gasteiger partial charge in [0.1, 0.15) is 18.0 Å². The Kier molecular flexibility index (Phi) is 4.59. The number of aromatic nitrogens is 2. The second-order valence-corrected chi connectivity index (χ2v) is 5.99. The van der Waals surface area contributed by atoms with Crippen LogP contribution in [0.2, 0.25) is 0 Å². The van der Waals surface area contributed by atoms with Crippen LogP contribution in [0.1, 0.15) is 12.8 Å². The fraction of sp³-hybridized carbons (Fsp3) is 0.600. The molecule has 2 aliphatic rings. The molecule has 1 aromatic rings. The van der Waals surface area contributed by atoms with Gasteiger partial charge in [0.15, 0.2) is 0 Å². The van der Waals surface area contributed by atoms with Crippen molar-refractivity contribution in [3.8, 4) is 0 Å². The third-order valence-corrected chi connectivity index (χ3v) is 4.11. The molecule has 1 saturated carbocycles. The lowest BCUT2D eigenvalue weighted by Crippen LogP contribution is -2.48. The lowest BCUT2D eigenvalue weighted by atomic mass is 10.3. The van der Waals surface area contributed by atoms with Crippen molar-refractivity contribution in [2.75, 3.05) is 50.0 Å². The van der Waals surface area contributed by atoms with E-state index in [1.54, 1.807) is 4.90 Å². The SMILES string of the molecule is CN1CCN(c2cc(NCCNC(=O)C3CC3)ncn2)CC1=O. The molecule has 1 aromatic heterocycles. The molecule has 2 N–H and O–H groups in total. The summed E-state index contributed by atoms with van der Waals surface area (Å²) < 4.78 is 0. The van der Waals surface area contributed by atoms with Crippen LogP contribution in [0.5, 0.6) is 0 Å². The molecule has 0 atom stereocenters. The summed E-state index contributed by atoms with van der Waals surface area (Å²) in [5, 5.41) is 6.07. The molecule has 23 heavy (non-hydrogen) atoms. The molecular formula is C15H22N6O2. The lowest BCUT2D eigenvalue weighted by Gasteiger charge is -2.32. The molecule has 0 aromatic carbocycles. The maximum Gasteiger partial charge on any atom is 0.241 e. The number of rotatable bonds is 6. The van der Waals surface area contributed by atoms with Gasteiger partial charge in [-0.15, -0.1) is 0 Å². The molecular weight excluding hydrogens is 296 g/mol. The van der Waals surface area contributed by atoms with Crippen molar-refractivity contribution in [1.82, 2.24) is 20.2 Å². The van der Waals surface area contributed by atoms with E-state index >= 15 is 0 Å². The summed E-state index contributed by atoms with van der Waals surface area (Å²) in [7, 11) is 1.81. The molecule has 8 nitrogen and oxygen atoms in total. The zero-order valence-electron chi connectivity index (χ0n) is 13.3. The van der Waals surface area contributed by atoms with Gasteiger partial charge < -0.3 is 20.4 Å². The first-order chi connectivity index (χ1) is 11.1. The Morgan fingerprint density at radius 1 is 1.30 bits per heavy atom. The van der Waals surface area contributed by atoms with Crippen molar-refractivity contribution < 1.29 is 9.59 Å². The van der Waals surface area contributed by atoms with Gasteiger partial charge in [-0.05, 0) is 12.8 Å². The molecule has 1 aliphatic heterocycles. The number of carbonyl (C=O) groups is 2. The third kappa shape index (κ3) is 4.08. The van der Waals surface area contributed by atoms with Crippen LogP contribution in [0, 0.1) is 5.92 Å². The summed E-state index contributed by atoms with van der Waals surface area (Å²) in [5.74, 6) is 1.90. The van der Waals surface area contributed by atoms with Crippen LogP contribution in [0.25, 0.3) is 0 Å². The minimum Gasteiger partial charge on any atom is -0.368 e. The van der Waals surface area contributed by atoms with E-state index in [0.717, 1.165) is 25.2 Å². The number of piperazine rings is 1. The highest BCUT2D eigenvalue weighted by atomic mass is 16.2. The lowest BCUT2D eigenvalue weighted by molar-refractivity contribution is -0.129. The molecule has 8 heteroatoms. The van der Waals surface area contributed by atoms with E-state index in [9.17, 15) is 9.59 Å². The molecule has 2 amide bonds. The summed E-state index contributed by atoms with van der Waals surface area (Å²) in [4.78, 5) is 35.4. The molecule has 2 heterocycles. The largest absolute Gasteiger partial charge is 0.368 e. The van der Waals surface area contributed by atoms with Crippen LogP contribution in [0.3, 0.4) is 0 Å². The van der Waals surface area contributed by atoms with Gasteiger partial charge >= 0.3 is 0 Å². The van der Waals surface area contributed by atoms with Crippen molar-refractivity contribution in [1.29, 1.82) is 0 Å². The van der Waals surface area contributed by atoms with Gasteiger partial charge in [-0.2, -0.15) is 0 Å². The molecule has 2 fully saturated rings. The second kappa shape index (κ2) is 6.80. The fourth-order valence-corrected chi connectivity index (χ4v) is 2.44. The molecule has 124 valence electrons. The first-order valence-corrected chi connectivity index (χ1v) is 7.96. The fourth-order valence-electron chi connectivity index (χ4n) is 2.44. The van der Waals surface area contributed by atoms with Crippen LogP contribution in [-0.2, 0) is 9.59 Å². The first-order valence-electron chi connectivity index (χ1n) is 7.96. The van der Waals surface area contributed by atoms with Gasteiger partial charge in [0.2, 0.25) is 11.8 Å². The number of anilines is 2. The molecule has 0 radical (unpaired) electrons. The maximum absolute atomic E-state index is 11.8. The highest BCUT2D eigenvalue weighted by Gasteiger charge is 2.29. The summed E-state index contributed by atoms with van der Waals surface area (Å²) >= 11 is 0. The van der Waals surface area contributed by atoms with E-state index < -0.39 is 0 Å². The summed E-state index contributed by atoms with van der Waals surface area (Å²) in [6, 6.07) is 1.83. The Morgan fingerprint density at radius 3 is 2.87 bits per heavy atom. The van der Waals surface area contributed by atoms with E-state index in [0.29, 0.717) is 32.0 Å². The standard InChI is InChI=1S/C15H22N6O2/c1-20-6-7-21(9-14(20)22)13-8-12(18-10-19-13)16-4-5-17-15(23)11-2-3-11/h8,10-11H,2-7,9H2,1H3,(H,17,23)(H,16,18,19). The Morgan fingerprint density at radius 2 is 2.13 bits per heavy atom. The third-order valence-electron chi connectivity index (χ3n) is 4.11. The predicted octanol–water partition coefficient (Wildman–Crippen LogP) is -0.307. The number of hydrogen-bond donors (Lipinski definition) is 2. The predicted molar refractivity (Wildman–Crippen MR) is 86.1 cm³/mol. The summed E-state index contributed by atoms with van der Waals surface area (Å²) in [6.45, 7) is 2.97. The van der Waals surface area contributed by atoms with Gasteiger partial charge in [-0.25, -0.2) is 9.97 Å². The summed E-state index contributed by atoms with van der Waals surface area (Å²) in [5.41, 5.74) is 0. The molecule has 0 unspecified atom stereocenters. The number of amides is 2. The van der Waals surface area contributed by atoms with Gasteiger partial charge in [-0.3, -0.25) is 9.59 Å². The Bertz CT molecular complexity index is 589. The summed E-state index contributed by atoms with van der Waals surface area (Å²) in [6.07, 6.45) is 3.51. The number of carbonyl (C=O) groups excluding carboxylic acids is 2. The number of nitrogens with one attached hydrogen (secondary N) is 2. The van der Waals surface area contributed by atoms with Crippen LogP contribution in [0.15, 0.2) is 12.4 Å². The van der Waals surface area contributed by atoms with Crippen molar-refractivity contribution in [2.24, 2.45) is 5.92 Å². The normalized spacial score (nSPS) is 18.0. The monoisotopic (exact) mass is 318 g/mol. The average Bonchev–Trinajstić information content (AvgIpc) is 3.39. The zero-order valence-corrected chi connectivity index (χ0v) is 13.3. The van der Waals surface area contributed by atoms with E-state index in [1.807, 2.05) is 18.0 Å². The highest BCUT2D eigenvalue weighted by Crippen LogP contribution is 2.28. The smallest absolute Gasteiger partial charge is 0.241 e. The Labute approximate surface area is 135 Å². The number of likely N-dealkylation sites (N-methyl/N-ethyl adjacent to an activating group) is 1. The van der Waals surface area contributed by atoms with Crippen LogP contribution < -0.4 is 15.5 Å². The number of hydrogen-bond acceptors (Lipinski definition) is 6. The molecule has 1 saturated heterocycles. The first kappa shape index (κ1) is 15.5. The molecule has 0 bridgehead atoms. The van der Waals surface area contributed by atoms with Crippen LogP contribution in [-0.4, -0.2) is 66.5 Å². The van der Waals surface area contributed by atoms with Crippen LogP contribution >= 0.6 is 0 Å². The van der Waals surface area contributed by atoms with Gasteiger partial charge in [0.25, 0.3) is 0 Å². The Balaban J connectivity index is 1.48. The van der Waals surface area contributed by atoms with Crippen LogP contribution in [0.4, 0.5) is 11.6 Å². The van der Waals surface area contributed by atoms with Crippen molar-refractivity contribution in [2.45, 2.75) is 12.8 Å². The van der Waals surface area contributed by atoms with E-state index in [1.165, 1.54) is 6.33 Å². The van der Waals surface area contributed by atoms with Gasteiger partial charge in [-0.1, -0.05) is 0 Å². The van der Waals surface area contributed by atoms with E-state index in [4.69, 9.17) is 0 Å². The molecule has 1 aliphatic carbocycles. The molecule has 0 spiro atoms. The Hall–Kier alpha value is -2.38. The van der Waals surface area contributed by atoms with Crippen molar-refractivity contribution in [3.63, 3.8) is 0 Å². The van der Waals surface area contributed by atoms with E-state index in [2.05, 4.69) is 20.6 Å². The van der Waals surface area contributed by atoms with Gasteiger partial charge in [0.05, 0.1) is 6.54 Å². The molecule has 3 rings (SSSR count). The topological polar surface area (TPSA) is 90.5 Å². The minimum absolute atomic E-state index is 0.0900. The van der Waals surface area contributed by atoms with Crippen molar-refractivity contribution >= 4 is 23.5 Å². The second-order valence-electron chi connectivity index (χ2n) is 5.99. The van der Waals surface area contributed by atoms with Gasteiger partial charge in [0, 0.05) is 45.2 Å². The zero-order chi connectivity index (χ0) is 16.2. The quantitative estimate of drug-likeness (QED) is 0.700. The average molecular weight is 318 g/mol. The number of nitrogens with zero attached hydrogens (tertiary/aromatic N) is 4. The maximum atomic E-state index is 11.8.